The van der Waals surface area contributed by atoms with E-state index in [4.69, 9.17) is 11.6 Å². The maximum absolute atomic E-state index is 12.0. The molecule has 1 unspecified atom stereocenters. The normalized spacial score (nSPS) is 14.4. The maximum atomic E-state index is 12.0. The van der Waals surface area contributed by atoms with Crippen molar-refractivity contribution in [1.29, 1.82) is 0 Å². The Balaban J connectivity index is 2.65. The fraction of sp³-hybridized carbons (Fsp3) is 0.538. The summed E-state index contributed by atoms with van der Waals surface area (Å²) in [5, 5.41) is 10.0. The van der Waals surface area contributed by atoms with E-state index in [1.54, 1.807) is 12.1 Å². The highest BCUT2D eigenvalue weighted by molar-refractivity contribution is 7.89. The number of halogens is 1. The molecule has 1 atom stereocenters. The summed E-state index contributed by atoms with van der Waals surface area (Å²) in [6, 6.07) is 6.26. The van der Waals surface area contributed by atoms with Gasteiger partial charge in [0.2, 0.25) is 10.0 Å². The standard InChI is InChI=1S/C13H20ClNO3S/c1-13(2,3)12(16)8-9-15-19(17,18)11-7-5-4-6-10(11)14/h4-7,12,15-16H,8-9H2,1-3H3. The molecule has 0 aromatic heterocycles. The average Bonchev–Trinajstić information content (AvgIpc) is 2.27. The van der Waals surface area contributed by atoms with Crippen molar-refractivity contribution < 1.29 is 13.5 Å². The third-order valence-corrected chi connectivity index (χ3v) is 4.80. The summed E-state index contributed by atoms with van der Waals surface area (Å²) in [4.78, 5) is 0.0573. The van der Waals surface area contributed by atoms with Gasteiger partial charge in [-0.1, -0.05) is 44.5 Å². The number of nitrogens with one attached hydrogen (secondary N) is 1. The number of aliphatic hydroxyl groups excluding tert-OH is 1. The van der Waals surface area contributed by atoms with Gasteiger partial charge in [0, 0.05) is 6.54 Å². The second kappa shape index (κ2) is 6.22. The molecule has 0 bridgehead atoms. The molecule has 0 spiro atoms. The van der Waals surface area contributed by atoms with E-state index in [1.807, 2.05) is 20.8 Å². The molecule has 1 rings (SSSR count). The van der Waals surface area contributed by atoms with E-state index in [-0.39, 0.29) is 21.9 Å². The second-order valence-corrected chi connectivity index (χ2v) is 7.64. The van der Waals surface area contributed by atoms with Crippen LogP contribution in [0.25, 0.3) is 0 Å². The third kappa shape index (κ3) is 4.76. The molecule has 0 radical (unpaired) electrons. The zero-order chi connectivity index (χ0) is 14.7. The van der Waals surface area contributed by atoms with Crippen LogP contribution in [-0.4, -0.2) is 26.2 Å². The van der Waals surface area contributed by atoms with Crippen LogP contribution in [0.3, 0.4) is 0 Å². The number of rotatable bonds is 5. The van der Waals surface area contributed by atoms with Crippen LogP contribution in [0, 0.1) is 5.41 Å². The van der Waals surface area contributed by atoms with Gasteiger partial charge in [0.1, 0.15) is 4.90 Å². The van der Waals surface area contributed by atoms with E-state index in [1.165, 1.54) is 12.1 Å². The van der Waals surface area contributed by atoms with Crippen LogP contribution in [0.1, 0.15) is 27.2 Å². The molecule has 0 amide bonds. The monoisotopic (exact) mass is 305 g/mol. The van der Waals surface area contributed by atoms with Crippen LogP contribution < -0.4 is 4.72 Å². The zero-order valence-corrected chi connectivity index (χ0v) is 12.9. The van der Waals surface area contributed by atoms with Crippen LogP contribution in [0.15, 0.2) is 29.2 Å². The summed E-state index contributed by atoms with van der Waals surface area (Å²) < 4.78 is 26.5. The van der Waals surface area contributed by atoms with Gasteiger partial charge in [-0.05, 0) is 24.0 Å². The van der Waals surface area contributed by atoms with Gasteiger partial charge in [-0.15, -0.1) is 0 Å². The van der Waals surface area contributed by atoms with E-state index in [0.717, 1.165) is 0 Å². The van der Waals surface area contributed by atoms with Crippen LogP contribution in [-0.2, 0) is 10.0 Å². The summed E-state index contributed by atoms with van der Waals surface area (Å²) in [5.74, 6) is 0. The van der Waals surface area contributed by atoms with E-state index >= 15 is 0 Å². The quantitative estimate of drug-likeness (QED) is 0.878. The molecular formula is C13H20ClNO3S. The molecule has 0 aliphatic heterocycles. The number of benzene rings is 1. The smallest absolute Gasteiger partial charge is 0.242 e. The molecule has 0 aliphatic rings. The molecule has 6 heteroatoms. The van der Waals surface area contributed by atoms with Crippen molar-refractivity contribution in [3.05, 3.63) is 29.3 Å². The van der Waals surface area contributed by atoms with E-state index in [2.05, 4.69) is 4.72 Å². The predicted octanol–water partition coefficient (Wildman–Crippen LogP) is 2.42. The van der Waals surface area contributed by atoms with Crippen LogP contribution >= 0.6 is 11.6 Å². The van der Waals surface area contributed by atoms with Crippen molar-refractivity contribution in [3.63, 3.8) is 0 Å². The number of hydrogen-bond donors (Lipinski definition) is 2. The Hall–Kier alpha value is -0.620. The Labute approximate surface area is 119 Å². The summed E-state index contributed by atoms with van der Waals surface area (Å²) in [6.07, 6.45) is -0.214. The number of hydrogen-bond acceptors (Lipinski definition) is 3. The lowest BCUT2D eigenvalue weighted by atomic mass is 9.87. The molecule has 1 aromatic carbocycles. The second-order valence-electron chi connectivity index (χ2n) is 5.50. The van der Waals surface area contributed by atoms with Gasteiger partial charge in [-0.25, -0.2) is 13.1 Å². The third-order valence-electron chi connectivity index (χ3n) is 2.84. The topological polar surface area (TPSA) is 66.4 Å². The van der Waals surface area contributed by atoms with Gasteiger partial charge in [0.25, 0.3) is 0 Å². The van der Waals surface area contributed by atoms with E-state index < -0.39 is 16.1 Å². The summed E-state index contributed by atoms with van der Waals surface area (Å²) in [6.45, 7) is 5.88. The molecule has 0 heterocycles. The first-order valence-corrected chi connectivity index (χ1v) is 7.93. The minimum absolute atomic E-state index is 0.0573. The lowest BCUT2D eigenvalue weighted by Crippen LogP contribution is -2.32. The number of aliphatic hydroxyl groups is 1. The fourth-order valence-corrected chi connectivity index (χ4v) is 3.07. The van der Waals surface area contributed by atoms with Crippen molar-refractivity contribution in [1.82, 2.24) is 4.72 Å². The van der Waals surface area contributed by atoms with Crippen molar-refractivity contribution >= 4 is 21.6 Å². The van der Waals surface area contributed by atoms with Crippen LogP contribution in [0.2, 0.25) is 5.02 Å². The molecule has 108 valence electrons. The van der Waals surface area contributed by atoms with E-state index in [9.17, 15) is 13.5 Å². The molecule has 0 saturated heterocycles. The Bertz CT molecular complexity index is 523. The molecule has 4 nitrogen and oxygen atoms in total. The first-order chi connectivity index (χ1) is 8.64. The largest absolute Gasteiger partial charge is 0.393 e. The van der Waals surface area contributed by atoms with Crippen LogP contribution in [0.4, 0.5) is 0 Å². The summed E-state index contributed by atoms with van der Waals surface area (Å²) >= 11 is 5.85. The Morgan fingerprint density at radius 3 is 2.42 bits per heavy atom. The van der Waals surface area contributed by atoms with Crippen molar-refractivity contribution in [2.45, 2.75) is 38.2 Å². The fourth-order valence-electron chi connectivity index (χ4n) is 1.50. The van der Waals surface area contributed by atoms with Crippen molar-refractivity contribution in [2.75, 3.05) is 6.54 Å². The Morgan fingerprint density at radius 2 is 1.89 bits per heavy atom. The zero-order valence-electron chi connectivity index (χ0n) is 11.4. The molecule has 0 fully saturated rings. The molecule has 0 aliphatic carbocycles. The lowest BCUT2D eigenvalue weighted by Gasteiger charge is -2.25. The van der Waals surface area contributed by atoms with Gasteiger partial charge >= 0.3 is 0 Å². The van der Waals surface area contributed by atoms with Crippen molar-refractivity contribution in [3.8, 4) is 0 Å². The van der Waals surface area contributed by atoms with Gasteiger partial charge in [-0.3, -0.25) is 0 Å². The first-order valence-electron chi connectivity index (χ1n) is 6.07. The first kappa shape index (κ1) is 16.4. The molecule has 1 aromatic rings. The summed E-state index contributed by atoms with van der Waals surface area (Å²) in [7, 11) is -3.63. The van der Waals surface area contributed by atoms with Gasteiger partial charge in [-0.2, -0.15) is 0 Å². The lowest BCUT2D eigenvalue weighted by molar-refractivity contribution is 0.0571. The predicted molar refractivity (Wildman–Crippen MR) is 76.7 cm³/mol. The maximum Gasteiger partial charge on any atom is 0.242 e. The minimum atomic E-state index is -3.63. The highest BCUT2D eigenvalue weighted by Crippen LogP contribution is 2.22. The van der Waals surface area contributed by atoms with Gasteiger partial charge in [0.05, 0.1) is 11.1 Å². The van der Waals surface area contributed by atoms with E-state index in [0.29, 0.717) is 6.42 Å². The highest BCUT2D eigenvalue weighted by Gasteiger charge is 2.23. The minimum Gasteiger partial charge on any atom is -0.393 e. The highest BCUT2D eigenvalue weighted by atomic mass is 35.5. The Kier molecular flexibility index (Phi) is 5.38. The van der Waals surface area contributed by atoms with Crippen molar-refractivity contribution in [2.24, 2.45) is 5.41 Å². The number of sulfonamides is 1. The van der Waals surface area contributed by atoms with Gasteiger partial charge in [0.15, 0.2) is 0 Å². The molecule has 0 saturated carbocycles. The molecular weight excluding hydrogens is 286 g/mol. The Morgan fingerprint density at radius 1 is 1.32 bits per heavy atom. The molecule has 19 heavy (non-hydrogen) atoms. The SMILES string of the molecule is CC(C)(C)C(O)CCNS(=O)(=O)c1ccccc1Cl. The summed E-state index contributed by atoms with van der Waals surface area (Å²) in [5.41, 5.74) is -0.268. The van der Waals surface area contributed by atoms with Crippen LogP contribution in [0.5, 0.6) is 0 Å². The average molecular weight is 306 g/mol. The van der Waals surface area contributed by atoms with Gasteiger partial charge < -0.3 is 5.11 Å². The molecule has 2 N–H and O–H groups in total.